The summed E-state index contributed by atoms with van der Waals surface area (Å²) in [6.45, 7) is 3.68. The van der Waals surface area contributed by atoms with Crippen LogP contribution in [-0.4, -0.2) is 43.1 Å². The number of aromatic carboxylic acids is 1. The van der Waals surface area contributed by atoms with Gasteiger partial charge in [-0.25, -0.2) is 4.79 Å². The number of piperidine rings is 1. The third-order valence-corrected chi connectivity index (χ3v) is 4.51. The van der Waals surface area contributed by atoms with Crippen molar-refractivity contribution < 1.29 is 14.6 Å². The number of carbonyl (C=O) groups is 1. The molecule has 1 aromatic rings. The molecule has 1 aromatic carbocycles. The first-order valence-corrected chi connectivity index (χ1v) is 7.92. The summed E-state index contributed by atoms with van der Waals surface area (Å²) in [4.78, 5) is 14.6. The Morgan fingerprint density at radius 3 is 3.00 bits per heavy atom. The summed E-state index contributed by atoms with van der Waals surface area (Å²) < 4.78 is 5.43. The van der Waals surface area contributed by atoms with Crippen LogP contribution in [0.5, 0.6) is 0 Å². The van der Waals surface area contributed by atoms with Crippen LogP contribution in [0.1, 0.15) is 30.1 Å². The Morgan fingerprint density at radius 2 is 2.35 bits per heavy atom. The van der Waals surface area contributed by atoms with Crippen LogP contribution in [0.25, 0.3) is 0 Å². The standard InChI is InChI=1S/C15H21NO3S/c1-3-20-13-8-4-7-12(14(13)15(17)18)16-9-5-6-11(10-16)19-2/h4,7-8,11H,3,5-6,9-10H2,1-2H3,(H,17,18). The lowest BCUT2D eigenvalue weighted by molar-refractivity contribution is 0.0691. The van der Waals surface area contributed by atoms with Gasteiger partial charge in [0.05, 0.1) is 17.4 Å². The molecule has 2 rings (SSSR count). The number of thioether (sulfide) groups is 1. The molecule has 0 radical (unpaired) electrons. The van der Waals surface area contributed by atoms with Gasteiger partial charge in [-0.05, 0) is 30.7 Å². The number of carboxylic acid groups (broad SMARTS) is 1. The minimum atomic E-state index is -0.851. The molecule has 0 bridgehead atoms. The SMILES string of the molecule is CCSc1cccc(N2CCCC(OC)C2)c1C(=O)O. The normalized spacial score (nSPS) is 19.1. The quantitative estimate of drug-likeness (QED) is 0.846. The smallest absolute Gasteiger partial charge is 0.338 e. The molecular formula is C15H21NO3S. The first kappa shape index (κ1) is 15.2. The Morgan fingerprint density at radius 1 is 1.55 bits per heavy atom. The van der Waals surface area contributed by atoms with Crippen LogP contribution in [0, 0.1) is 0 Å². The largest absolute Gasteiger partial charge is 0.478 e. The Hall–Kier alpha value is -1.20. The number of carboxylic acids is 1. The predicted octanol–water partition coefficient (Wildman–Crippen LogP) is 3.11. The minimum absolute atomic E-state index is 0.188. The number of benzene rings is 1. The molecule has 1 heterocycles. The number of ether oxygens (including phenoxy) is 1. The van der Waals surface area contributed by atoms with Gasteiger partial charge in [-0.2, -0.15) is 0 Å². The van der Waals surface area contributed by atoms with Crippen LogP contribution in [0.3, 0.4) is 0 Å². The number of methoxy groups -OCH3 is 1. The molecule has 0 spiro atoms. The van der Waals surface area contributed by atoms with Crippen LogP contribution in [0.2, 0.25) is 0 Å². The molecule has 0 aliphatic carbocycles. The van der Waals surface area contributed by atoms with E-state index in [0.717, 1.165) is 42.3 Å². The zero-order chi connectivity index (χ0) is 14.5. The monoisotopic (exact) mass is 295 g/mol. The molecule has 1 aliphatic heterocycles. The Kier molecular flexibility index (Phi) is 5.31. The van der Waals surface area contributed by atoms with Gasteiger partial charge in [0, 0.05) is 25.1 Å². The second-order valence-corrected chi connectivity index (χ2v) is 6.14. The lowest BCUT2D eigenvalue weighted by Gasteiger charge is -2.34. The fourth-order valence-corrected chi connectivity index (χ4v) is 3.45. The van der Waals surface area contributed by atoms with Crippen LogP contribution in [0.15, 0.2) is 23.1 Å². The number of rotatable bonds is 5. The Bertz CT molecular complexity index is 478. The highest BCUT2D eigenvalue weighted by Crippen LogP contribution is 2.32. The predicted molar refractivity (Wildman–Crippen MR) is 82.0 cm³/mol. The average Bonchev–Trinajstić information content (AvgIpc) is 2.47. The summed E-state index contributed by atoms with van der Waals surface area (Å²) in [7, 11) is 1.72. The summed E-state index contributed by atoms with van der Waals surface area (Å²) in [5.74, 6) is 0.0147. The maximum absolute atomic E-state index is 11.6. The van der Waals surface area contributed by atoms with E-state index in [1.165, 1.54) is 0 Å². The summed E-state index contributed by atoms with van der Waals surface area (Å²) in [6, 6.07) is 5.73. The molecule has 5 heteroatoms. The first-order valence-electron chi connectivity index (χ1n) is 6.94. The molecule has 1 saturated heterocycles. The van der Waals surface area contributed by atoms with Crippen LogP contribution in [0.4, 0.5) is 5.69 Å². The van der Waals surface area contributed by atoms with Gasteiger partial charge in [-0.3, -0.25) is 0 Å². The molecule has 1 fully saturated rings. The highest BCUT2D eigenvalue weighted by molar-refractivity contribution is 7.99. The molecule has 1 unspecified atom stereocenters. The van der Waals surface area contributed by atoms with E-state index < -0.39 is 5.97 Å². The molecule has 1 atom stereocenters. The van der Waals surface area contributed by atoms with Gasteiger partial charge < -0.3 is 14.7 Å². The van der Waals surface area contributed by atoms with Crippen molar-refractivity contribution in [3.05, 3.63) is 23.8 Å². The Labute approximate surface area is 124 Å². The van der Waals surface area contributed by atoms with Crippen molar-refractivity contribution in [2.75, 3.05) is 30.9 Å². The van der Waals surface area contributed by atoms with E-state index in [1.54, 1.807) is 18.9 Å². The van der Waals surface area contributed by atoms with Crippen LogP contribution >= 0.6 is 11.8 Å². The van der Waals surface area contributed by atoms with Crippen molar-refractivity contribution >= 4 is 23.4 Å². The van der Waals surface area contributed by atoms with Gasteiger partial charge >= 0.3 is 5.97 Å². The van der Waals surface area contributed by atoms with Crippen LogP contribution in [-0.2, 0) is 4.74 Å². The van der Waals surface area contributed by atoms with Crippen molar-refractivity contribution in [1.29, 1.82) is 0 Å². The molecule has 1 aliphatic rings. The van der Waals surface area contributed by atoms with E-state index in [0.29, 0.717) is 5.56 Å². The third-order valence-electron chi connectivity index (χ3n) is 3.57. The van der Waals surface area contributed by atoms with Gasteiger partial charge in [-0.1, -0.05) is 13.0 Å². The van der Waals surface area contributed by atoms with Crippen molar-refractivity contribution in [1.82, 2.24) is 0 Å². The first-order chi connectivity index (χ1) is 9.67. The zero-order valence-electron chi connectivity index (χ0n) is 12.0. The summed E-state index contributed by atoms with van der Waals surface area (Å²) in [5.41, 5.74) is 1.24. The molecule has 110 valence electrons. The number of hydrogen-bond donors (Lipinski definition) is 1. The molecule has 0 saturated carbocycles. The van der Waals surface area contributed by atoms with Gasteiger partial charge in [-0.15, -0.1) is 11.8 Å². The lowest BCUT2D eigenvalue weighted by atomic mass is 10.1. The van der Waals surface area contributed by atoms with Gasteiger partial charge in [0.25, 0.3) is 0 Å². The third kappa shape index (κ3) is 3.27. The second kappa shape index (κ2) is 6.99. The van der Waals surface area contributed by atoms with E-state index >= 15 is 0 Å². The van der Waals surface area contributed by atoms with E-state index in [1.807, 2.05) is 25.1 Å². The van der Waals surface area contributed by atoms with Crippen molar-refractivity contribution in [3.63, 3.8) is 0 Å². The van der Waals surface area contributed by atoms with E-state index in [2.05, 4.69) is 4.90 Å². The van der Waals surface area contributed by atoms with E-state index in [-0.39, 0.29) is 6.10 Å². The summed E-state index contributed by atoms with van der Waals surface area (Å²) >= 11 is 1.58. The van der Waals surface area contributed by atoms with Crippen molar-refractivity contribution in [2.45, 2.75) is 30.8 Å². The maximum atomic E-state index is 11.6. The van der Waals surface area contributed by atoms with Crippen molar-refractivity contribution in [3.8, 4) is 0 Å². The molecule has 0 aromatic heterocycles. The molecule has 4 nitrogen and oxygen atoms in total. The molecule has 20 heavy (non-hydrogen) atoms. The lowest BCUT2D eigenvalue weighted by Crippen LogP contribution is -2.40. The molecular weight excluding hydrogens is 274 g/mol. The van der Waals surface area contributed by atoms with E-state index in [9.17, 15) is 9.90 Å². The summed E-state index contributed by atoms with van der Waals surface area (Å²) in [5, 5.41) is 9.56. The van der Waals surface area contributed by atoms with Gasteiger partial charge in [0.1, 0.15) is 0 Å². The molecule has 1 N–H and O–H groups in total. The van der Waals surface area contributed by atoms with Crippen molar-refractivity contribution in [2.24, 2.45) is 0 Å². The van der Waals surface area contributed by atoms with Crippen LogP contribution < -0.4 is 4.90 Å². The zero-order valence-corrected chi connectivity index (χ0v) is 12.8. The second-order valence-electron chi connectivity index (χ2n) is 4.83. The minimum Gasteiger partial charge on any atom is -0.478 e. The van der Waals surface area contributed by atoms with E-state index in [4.69, 9.17) is 4.74 Å². The summed E-state index contributed by atoms with van der Waals surface area (Å²) in [6.07, 6.45) is 2.26. The number of hydrogen-bond acceptors (Lipinski definition) is 4. The number of nitrogens with zero attached hydrogens (tertiary/aromatic N) is 1. The van der Waals surface area contributed by atoms with Gasteiger partial charge in [0.15, 0.2) is 0 Å². The fraction of sp³-hybridized carbons (Fsp3) is 0.533. The number of anilines is 1. The molecule has 0 amide bonds. The maximum Gasteiger partial charge on any atom is 0.338 e. The highest BCUT2D eigenvalue weighted by Gasteiger charge is 2.25. The topological polar surface area (TPSA) is 49.8 Å². The Balaban J connectivity index is 2.34. The van der Waals surface area contributed by atoms with Gasteiger partial charge in [0.2, 0.25) is 0 Å². The fourth-order valence-electron chi connectivity index (χ4n) is 2.62. The average molecular weight is 295 g/mol. The highest BCUT2D eigenvalue weighted by atomic mass is 32.2.